The predicted molar refractivity (Wildman–Crippen MR) is 104 cm³/mol. The average molecular weight is 425 g/mol. The second-order valence-corrected chi connectivity index (χ2v) is 6.89. The molecular weight excluding hydrogens is 407 g/mol. The van der Waals surface area contributed by atoms with E-state index in [1.807, 2.05) is 0 Å². The van der Waals surface area contributed by atoms with Crippen LogP contribution in [0.4, 0.5) is 5.82 Å². The Morgan fingerprint density at radius 1 is 1.11 bits per heavy atom. The first-order chi connectivity index (χ1) is 13.2. The lowest BCUT2D eigenvalue weighted by atomic mass is 10.1. The zero-order valence-corrected chi connectivity index (χ0v) is 16.9. The van der Waals surface area contributed by atoms with Crippen LogP contribution in [-0.2, 0) is 19.1 Å². The van der Waals surface area contributed by atoms with Crippen molar-refractivity contribution in [3.05, 3.63) is 57.7 Å². The van der Waals surface area contributed by atoms with E-state index >= 15 is 0 Å². The summed E-state index contributed by atoms with van der Waals surface area (Å²) >= 11 is 12.0. The first-order valence-corrected chi connectivity index (χ1v) is 8.99. The number of nitrogens with zero attached hydrogens (tertiary/aromatic N) is 1. The topological polar surface area (TPSA) is 94.6 Å². The largest absolute Gasteiger partial charge is 0.466 e. The van der Waals surface area contributed by atoms with Crippen molar-refractivity contribution in [3.8, 4) is 0 Å². The van der Waals surface area contributed by atoms with Crippen LogP contribution in [0.15, 0.2) is 36.5 Å². The van der Waals surface area contributed by atoms with Gasteiger partial charge in [0.05, 0.1) is 12.7 Å². The zero-order valence-electron chi connectivity index (χ0n) is 15.4. The van der Waals surface area contributed by atoms with Crippen molar-refractivity contribution in [1.82, 2.24) is 4.98 Å². The van der Waals surface area contributed by atoms with Crippen molar-refractivity contribution < 1.29 is 23.9 Å². The van der Waals surface area contributed by atoms with Gasteiger partial charge < -0.3 is 14.8 Å². The van der Waals surface area contributed by atoms with Crippen LogP contribution in [0, 0.1) is 5.92 Å². The van der Waals surface area contributed by atoms with Gasteiger partial charge in [-0.3, -0.25) is 4.79 Å². The molecule has 0 aliphatic rings. The molecule has 1 amide bonds. The Morgan fingerprint density at radius 2 is 1.82 bits per heavy atom. The van der Waals surface area contributed by atoms with Crippen molar-refractivity contribution in [2.75, 3.05) is 12.4 Å². The van der Waals surface area contributed by atoms with Crippen molar-refractivity contribution in [2.24, 2.45) is 5.92 Å². The Hall–Kier alpha value is -2.64. The summed E-state index contributed by atoms with van der Waals surface area (Å²) in [5.41, 5.74) is 0.321. The molecule has 1 N–H and O–H groups in total. The quantitative estimate of drug-likeness (QED) is 0.702. The van der Waals surface area contributed by atoms with Gasteiger partial charge in [0.1, 0.15) is 5.82 Å². The summed E-state index contributed by atoms with van der Waals surface area (Å²) in [7, 11) is 1.17. The number of hydrogen-bond acceptors (Lipinski definition) is 6. The van der Waals surface area contributed by atoms with Gasteiger partial charge in [0.2, 0.25) is 12.0 Å². The number of benzene rings is 1. The molecular formula is C19H18Cl2N2O5. The predicted octanol–water partition coefficient (Wildman–Crippen LogP) is 4.05. The van der Waals surface area contributed by atoms with Gasteiger partial charge in [-0.15, -0.1) is 0 Å². The lowest BCUT2D eigenvalue weighted by Crippen LogP contribution is -2.22. The van der Waals surface area contributed by atoms with Crippen LogP contribution in [0.25, 0.3) is 0 Å². The molecule has 0 bridgehead atoms. The maximum absolute atomic E-state index is 12.6. The highest BCUT2D eigenvalue weighted by molar-refractivity contribution is 6.35. The van der Waals surface area contributed by atoms with E-state index in [2.05, 4.69) is 10.3 Å². The Labute approximate surface area is 171 Å². The highest BCUT2D eigenvalue weighted by Crippen LogP contribution is 2.30. The molecule has 28 heavy (non-hydrogen) atoms. The summed E-state index contributed by atoms with van der Waals surface area (Å²) in [6, 6.07) is 7.15. The Kier molecular flexibility index (Phi) is 7.37. The number of hydrogen-bond donors (Lipinski definition) is 1. The molecule has 0 spiro atoms. The van der Waals surface area contributed by atoms with Crippen LogP contribution in [0.5, 0.6) is 0 Å². The van der Waals surface area contributed by atoms with E-state index in [-0.39, 0.29) is 33.8 Å². The van der Waals surface area contributed by atoms with Crippen LogP contribution >= 0.6 is 23.2 Å². The van der Waals surface area contributed by atoms with Crippen LogP contribution in [0.2, 0.25) is 10.0 Å². The lowest BCUT2D eigenvalue weighted by Gasteiger charge is -2.17. The minimum Gasteiger partial charge on any atom is -0.466 e. The highest BCUT2D eigenvalue weighted by atomic mass is 35.5. The summed E-state index contributed by atoms with van der Waals surface area (Å²) in [5, 5.41) is 3.10. The molecule has 1 atom stereocenters. The van der Waals surface area contributed by atoms with Crippen LogP contribution in [0.3, 0.4) is 0 Å². The second kappa shape index (κ2) is 9.52. The SMILES string of the molecule is COC(=O)C(OC(=O)c1ccnc(NC(=O)C(C)C)c1)c1ccc(Cl)cc1Cl. The van der Waals surface area contributed by atoms with Crippen molar-refractivity contribution in [1.29, 1.82) is 0 Å². The van der Waals surface area contributed by atoms with Gasteiger partial charge >= 0.3 is 11.9 Å². The first-order valence-electron chi connectivity index (χ1n) is 8.23. The molecule has 1 aromatic heterocycles. The highest BCUT2D eigenvalue weighted by Gasteiger charge is 2.29. The Morgan fingerprint density at radius 3 is 2.43 bits per heavy atom. The molecule has 7 nitrogen and oxygen atoms in total. The number of amides is 1. The smallest absolute Gasteiger partial charge is 0.352 e. The third kappa shape index (κ3) is 5.43. The van der Waals surface area contributed by atoms with Crippen LogP contribution < -0.4 is 5.32 Å². The molecule has 1 heterocycles. The van der Waals surface area contributed by atoms with Crippen LogP contribution in [-0.4, -0.2) is 29.9 Å². The minimum absolute atomic E-state index is 0.0908. The summed E-state index contributed by atoms with van der Waals surface area (Å²) < 4.78 is 10.0. The van der Waals surface area contributed by atoms with E-state index in [9.17, 15) is 14.4 Å². The molecule has 1 aromatic carbocycles. The fraction of sp³-hybridized carbons (Fsp3) is 0.263. The van der Waals surface area contributed by atoms with Crippen molar-refractivity contribution >= 4 is 46.9 Å². The monoisotopic (exact) mass is 424 g/mol. The molecule has 2 aromatic rings. The third-order valence-corrected chi connectivity index (χ3v) is 4.22. The van der Waals surface area contributed by atoms with Gasteiger partial charge in [0.25, 0.3) is 0 Å². The molecule has 0 aliphatic heterocycles. The molecule has 2 rings (SSSR count). The number of ether oxygens (including phenoxy) is 2. The summed E-state index contributed by atoms with van der Waals surface area (Å²) in [4.78, 5) is 40.5. The lowest BCUT2D eigenvalue weighted by molar-refractivity contribution is -0.151. The number of anilines is 1. The number of carbonyl (C=O) groups is 3. The molecule has 0 fully saturated rings. The van der Waals surface area contributed by atoms with E-state index < -0.39 is 18.0 Å². The molecule has 148 valence electrons. The maximum Gasteiger partial charge on any atom is 0.352 e. The number of halogens is 2. The summed E-state index contributed by atoms with van der Waals surface area (Å²) in [5.74, 6) is -1.94. The molecule has 0 saturated heterocycles. The standard InChI is InChI=1S/C19H18Cl2N2O5/c1-10(2)17(24)23-15-8-11(6-7-22-15)18(25)28-16(19(26)27-3)13-5-4-12(20)9-14(13)21/h4-10,16H,1-3H3,(H,22,23,24). The third-order valence-electron chi connectivity index (χ3n) is 3.66. The molecule has 0 saturated carbocycles. The van der Waals surface area contributed by atoms with Gasteiger partial charge in [-0.1, -0.05) is 43.1 Å². The summed E-state index contributed by atoms with van der Waals surface area (Å²) in [6.45, 7) is 3.45. The number of nitrogens with one attached hydrogen (secondary N) is 1. The first kappa shape index (κ1) is 21.7. The molecule has 1 unspecified atom stereocenters. The summed E-state index contributed by atoms with van der Waals surface area (Å²) in [6.07, 6.45) is -0.0428. The van der Waals surface area contributed by atoms with Crippen LogP contribution in [0.1, 0.15) is 35.9 Å². The normalized spacial score (nSPS) is 11.6. The fourth-order valence-electron chi connectivity index (χ4n) is 2.13. The Balaban J connectivity index is 2.26. The van der Waals surface area contributed by atoms with Gasteiger partial charge in [-0.05, 0) is 24.3 Å². The van der Waals surface area contributed by atoms with E-state index in [1.54, 1.807) is 13.8 Å². The second-order valence-electron chi connectivity index (χ2n) is 6.05. The zero-order chi connectivity index (χ0) is 20.8. The number of rotatable bonds is 6. The van der Waals surface area contributed by atoms with E-state index in [4.69, 9.17) is 32.7 Å². The molecule has 9 heteroatoms. The number of pyridine rings is 1. The van der Waals surface area contributed by atoms with Crippen molar-refractivity contribution in [2.45, 2.75) is 20.0 Å². The average Bonchev–Trinajstić information content (AvgIpc) is 2.66. The fourth-order valence-corrected chi connectivity index (χ4v) is 2.64. The van der Waals surface area contributed by atoms with Gasteiger partial charge in [-0.25, -0.2) is 14.6 Å². The van der Waals surface area contributed by atoms with Gasteiger partial charge in [0.15, 0.2) is 0 Å². The number of carbonyl (C=O) groups excluding carboxylic acids is 3. The van der Waals surface area contributed by atoms with Crippen molar-refractivity contribution in [3.63, 3.8) is 0 Å². The van der Waals surface area contributed by atoms with E-state index in [0.717, 1.165) is 0 Å². The van der Waals surface area contributed by atoms with Gasteiger partial charge in [0, 0.05) is 27.7 Å². The number of esters is 2. The number of aromatic nitrogens is 1. The van der Waals surface area contributed by atoms with E-state index in [1.165, 1.54) is 43.6 Å². The minimum atomic E-state index is -1.39. The van der Waals surface area contributed by atoms with Gasteiger partial charge in [-0.2, -0.15) is 0 Å². The Bertz CT molecular complexity index is 902. The van der Waals surface area contributed by atoms with E-state index in [0.29, 0.717) is 5.02 Å². The molecule has 0 aliphatic carbocycles. The number of methoxy groups -OCH3 is 1. The maximum atomic E-state index is 12.6. The molecule has 0 radical (unpaired) electrons.